The van der Waals surface area contributed by atoms with Crippen LogP contribution in [0.25, 0.3) is 0 Å². The molecule has 1 aromatic heterocycles. The second-order valence-electron chi connectivity index (χ2n) is 4.03. The summed E-state index contributed by atoms with van der Waals surface area (Å²) in [5.41, 5.74) is -0.0817. The molecule has 1 heterocycles. The highest BCUT2D eigenvalue weighted by atomic mass is 19.4. The lowest BCUT2D eigenvalue weighted by molar-refractivity contribution is -0.137. The summed E-state index contributed by atoms with van der Waals surface area (Å²) in [6, 6.07) is 2.48. The van der Waals surface area contributed by atoms with Crippen molar-refractivity contribution >= 4 is 0 Å². The van der Waals surface area contributed by atoms with Gasteiger partial charge in [-0.2, -0.15) is 13.2 Å². The Kier molecular flexibility index (Phi) is 5.34. The second-order valence-corrected chi connectivity index (χ2v) is 4.03. The van der Waals surface area contributed by atoms with Crippen molar-refractivity contribution in [2.24, 2.45) is 0 Å². The van der Waals surface area contributed by atoms with Gasteiger partial charge in [0.2, 0.25) is 0 Å². The van der Waals surface area contributed by atoms with E-state index in [0.717, 1.165) is 31.5 Å². The van der Waals surface area contributed by atoms with Gasteiger partial charge in [0.1, 0.15) is 0 Å². The van der Waals surface area contributed by atoms with Crippen LogP contribution in [0.15, 0.2) is 31.0 Å². The Labute approximate surface area is 105 Å². The summed E-state index contributed by atoms with van der Waals surface area (Å²) in [7, 11) is 1.78. The van der Waals surface area contributed by atoms with Crippen molar-refractivity contribution in [3.8, 4) is 0 Å². The Balaban J connectivity index is 2.72. The minimum Gasteiger partial charge on any atom is -0.312 e. The molecule has 0 aliphatic heterocycles. The normalized spacial score (nSPS) is 13.3. The molecular weight excluding hydrogens is 241 g/mol. The molecule has 0 radical (unpaired) electrons. The average Bonchev–Trinajstić information content (AvgIpc) is 2.34. The zero-order valence-electron chi connectivity index (χ0n) is 10.3. The van der Waals surface area contributed by atoms with Crippen molar-refractivity contribution in [2.75, 3.05) is 7.05 Å². The third-order valence-corrected chi connectivity index (χ3v) is 2.72. The SMILES string of the molecule is C=CCCCC(NC)c1ccc(C(F)(F)F)cn1. The standard InChI is InChI=1S/C13H17F3N2/c1-3-4-5-6-11(17-2)12-8-7-10(9-18-12)13(14,15)16/h3,7-9,11,17H,1,4-6H2,2H3. The van der Waals surface area contributed by atoms with Gasteiger partial charge in [-0.15, -0.1) is 6.58 Å². The average molecular weight is 258 g/mol. The van der Waals surface area contributed by atoms with E-state index < -0.39 is 11.7 Å². The van der Waals surface area contributed by atoms with Crippen molar-refractivity contribution in [1.82, 2.24) is 10.3 Å². The molecule has 0 bridgehead atoms. The number of allylic oxidation sites excluding steroid dienone is 1. The minimum absolute atomic E-state index is 0.0211. The fourth-order valence-corrected chi connectivity index (χ4v) is 1.69. The zero-order chi connectivity index (χ0) is 13.6. The van der Waals surface area contributed by atoms with E-state index >= 15 is 0 Å². The number of alkyl halides is 3. The van der Waals surface area contributed by atoms with E-state index in [-0.39, 0.29) is 6.04 Å². The van der Waals surface area contributed by atoms with Gasteiger partial charge in [-0.1, -0.05) is 6.08 Å². The van der Waals surface area contributed by atoms with Gasteiger partial charge in [0, 0.05) is 12.2 Å². The predicted octanol–water partition coefficient (Wildman–Crippen LogP) is 3.72. The van der Waals surface area contributed by atoms with Crippen LogP contribution in [0.5, 0.6) is 0 Å². The van der Waals surface area contributed by atoms with Crippen LogP contribution in [-0.2, 0) is 6.18 Å². The first kappa shape index (κ1) is 14.7. The Morgan fingerprint density at radius 1 is 1.44 bits per heavy atom. The Hall–Kier alpha value is -1.36. The summed E-state index contributed by atoms with van der Waals surface area (Å²) in [6.07, 6.45) is 1.01. The van der Waals surface area contributed by atoms with Crippen LogP contribution in [0.4, 0.5) is 13.2 Å². The van der Waals surface area contributed by atoms with Crippen LogP contribution in [0, 0.1) is 0 Å². The number of nitrogens with one attached hydrogen (secondary N) is 1. The molecule has 1 aromatic rings. The molecule has 1 rings (SSSR count). The van der Waals surface area contributed by atoms with Crippen molar-refractivity contribution in [3.63, 3.8) is 0 Å². The van der Waals surface area contributed by atoms with E-state index in [1.807, 2.05) is 6.08 Å². The summed E-state index contributed by atoms with van der Waals surface area (Å²) < 4.78 is 37.2. The van der Waals surface area contributed by atoms with Crippen LogP contribution in [-0.4, -0.2) is 12.0 Å². The quantitative estimate of drug-likeness (QED) is 0.621. The van der Waals surface area contributed by atoms with Crippen molar-refractivity contribution < 1.29 is 13.2 Å². The van der Waals surface area contributed by atoms with Gasteiger partial charge in [-0.05, 0) is 38.4 Å². The Morgan fingerprint density at radius 2 is 2.17 bits per heavy atom. The number of unbranched alkanes of at least 4 members (excludes halogenated alkanes) is 1. The van der Waals surface area contributed by atoms with Gasteiger partial charge in [0.25, 0.3) is 0 Å². The molecular formula is C13H17F3N2. The van der Waals surface area contributed by atoms with Gasteiger partial charge in [-0.25, -0.2) is 0 Å². The molecule has 1 unspecified atom stereocenters. The smallest absolute Gasteiger partial charge is 0.312 e. The van der Waals surface area contributed by atoms with Gasteiger partial charge in [0.05, 0.1) is 11.3 Å². The highest BCUT2D eigenvalue weighted by Gasteiger charge is 2.30. The molecule has 0 amide bonds. The minimum atomic E-state index is -4.33. The molecule has 1 atom stereocenters. The number of pyridine rings is 1. The third kappa shape index (κ3) is 4.14. The lowest BCUT2D eigenvalue weighted by Gasteiger charge is -2.16. The van der Waals surface area contributed by atoms with Crippen LogP contribution in [0.1, 0.15) is 36.6 Å². The molecule has 0 fully saturated rings. The maximum atomic E-state index is 12.4. The molecule has 5 heteroatoms. The van der Waals surface area contributed by atoms with Crippen LogP contribution in [0.3, 0.4) is 0 Å². The topological polar surface area (TPSA) is 24.9 Å². The third-order valence-electron chi connectivity index (χ3n) is 2.72. The molecule has 0 aliphatic rings. The van der Waals surface area contributed by atoms with Crippen LogP contribution in [0.2, 0.25) is 0 Å². The second kappa shape index (κ2) is 6.54. The first-order valence-electron chi connectivity index (χ1n) is 5.80. The van der Waals surface area contributed by atoms with Gasteiger partial charge in [-0.3, -0.25) is 4.98 Å². The largest absolute Gasteiger partial charge is 0.417 e. The molecule has 18 heavy (non-hydrogen) atoms. The highest BCUT2D eigenvalue weighted by molar-refractivity contribution is 5.18. The molecule has 2 nitrogen and oxygen atoms in total. The summed E-state index contributed by atoms with van der Waals surface area (Å²) in [4.78, 5) is 3.89. The molecule has 0 saturated heterocycles. The van der Waals surface area contributed by atoms with Gasteiger partial charge < -0.3 is 5.32 Å². The van der Waals surface area contributed by atoms with E-state index in [0.29, 0.717) is 5.69 Å². The zero-order valence-corrected chi connectivity index (χ0v) is 10.3. The predicted molar refractivity (Wildman–Crippen MR) is 65.1 cm³/mol. The number of hydrogen-bond donors (Lipinski definition) is 1. The van der Waals surface area contributed by atoms with Crippen LogP contribution >= 0.6 is 0 Å². The van der Waals surface area contributed by atoms with E-state index in [4.69, 9.17) is 0 Å². The van der Waals surface area contributed by atoms with Crippen molar-refractivity contribution in [2.45, 2.75) is 31.5 Å². The fourth-order valence-electron chi connectivity index (χ4n) is 1.69. The maximum absolute atomic E-state index is 12.4. The van der Waals surface area contributed by atoms with E-state index in [1.165, 1.54) is 6.07 Å². The number of hydrogen-bond acceptors (Lipinski definition) is 2. The van der Waals surface area contributed by atoms with E-state index in [1.54, 1.807) is 7.05 Å². The Bertz CT molecular complexity index is 371. The maximum Gasteiger partial charge on any atom is 0.417 e. The van der Waals surface area contributed by atoms with Gasteiger partial charge in [0.15, 0.2) is 0 Å². The van der Waals surface area contributed by atoms with E-state index in [9.17, 15) is 13.2 Å². The van der Waals surface area contributed by atoms with Gasteiger partial charge >= 0.3 is 6.18 Å². The van der Waals surface area contributed by atoms with Crippen molar-refractivity contribution in [1.29, 1.82) is 0 Å². The molecule has 0 aliphatic carbocycles. The summed E-state index contributed by atoms with van der Waals surface area (Å²) in [6.45, 7) is 3.63. The fraction of sp³-hybridized carbons (Fsp3) is 0.462. The van der Waals surface area contributed by atoms with E-state index in [2.05, 4.69) is 16.9 Å². The number of aromatic nitrogens is 1. The highest BCUT2D eigenvalue weighted by Crippen LogP contribution is 2.29. The molecule has 1 N–H and O–H groups in total. The summed E-state index contributed by atoms with van der Waals surface area (Å²) in [5.74, 6) is 0. The first-order valence-corrected chi connectivity index (χ1v) is 5.80. The summed E-state index contributed by atoms with van der Waals surface area (Å²) in [5, 5.41) is 3.06. The molecule has 0 saturated carbocycles. The number of nitrogens with zero attached hydrogens (tertiary/aromatic N) is 1. The first-order chi connectivity index (χ1) is 8.49. The lowest BCUT2D eigenvalue weighted by atomic mass is 10.1. The molecule has 0 aromatic carbocycles. The molecule has 0 spiro atoms. The number of halogens is 3. The summed E-state index contributed by atoms with van der Waals surface area (Å²) >= 11 is 0. The Morgan fingerprint density at radius 3 is 2.61 bits per heavy atom. The lowest BCUT2D eigenvalue weighted by Crippen LogP contribution is -2.18. The van der Waals surface area contributed by atoms with Crippen molar-refractivity contribution in [3.05, 3.63) is 42.2 Å². The monoisotopic (exact) mass is 258 g/mol. The van der Waals surface area contributed by atoms with Crippen LogP contribution < -0.4 is 5.32 Å². The number of rotatable bonds is 6. The molecule has 100 valence electrons.